The highest BCUT2D eigenvalue weighted by Crippen LogP contribution is 2.13. The van der Waals surface area contributed by atoms with Gasteiger partial charge in [0, 0.05) is 24.5 Å². The maximum atomic E-state index is 11.9. The highest BCUT2D eigenvalue weighted by atomic mass is 35.5. The van der Waals surface area contributed by atoms with Gasteiger partial charge < -0.3 is 10.0 Å². The molecule has 88 valence electrons. The second-order valence-electron chi connectivity index (χ2n) is 3.85. The molecule has 0 bridgehead atoms. The van der Waals surface area contributed by atoms with Gasteiger partial charge in [-0.1, -0.05) is 6.07 Å². The van der Waals surface area contributed by atoms with E-state index in [0.717, 1.165) is 6.42 Å². The van der Waals surface area contributed by atoms with Crippen molar-refractivity contribution < 1.29 is 9.90 Å². The summed E-state index contributed by atoms with van der Waals surface area (Å²) in [6, 6.07) is 6.34. The maximum Gasteiger partial charge on any atom is 0.253 e. The number of phenols is 1. The summed E-state index contributed by atoms with van der Waals surface area (Å²) in [6.07, 6.45) is 0.753. The third-order valence-corrected chi connectivity index (χ3v) is 2.52. The van der Waals surface area contributed by atoms with Crippen LogP contribution in [0.25, 0.3) is 0 Å². The molecule has 3 nitrogen and oxygen atoms in total. The first-order valence-corrected chi connectivity index (χ1v) is 5.63. The Bertz CT molecular complexity index is 366. The van der Waals surface area contributed by atoms with Crippen molar-refractivity contribution in [2.45, 2.75) is 18.7 Å². The van der Waals surface area contributed by atoms with Crippen LogP contribution in [0.15, 0.2) is 24.3 Å². The highest BCUT2D eigenvalue weighted by molar-refractivity contribution is 6.20. The Balaban J connectivity index is 2.63. The van der Waals surface area contributed by atoms with Gasteiger partial charge in [0.05, 0.1) is 0 Å². The van der Waals surface area contributed by atoms with Gasteiger partial charge in [0.15, 0.2) is 0 Å². The van der Waals surface area contributed by atoms with Gasteiger partial charge in [-0.15, -0.1) is 11.6 Å². The number of halogens is 1. The van der Waals surface area contributed by atoms with E-state index in [1.807, 2.05) is 6.92 Å². The van der Waals surface area contributed by atoms with Gasteiger partial charge in [-0.05, 0) is 31.5 Å². The fourth-order valence-corrected chi connectivity index (χ4v) is 1.43. The number of benzene rings is 1. The molecule has 0 heterocycles. The first-order valence-electron chi connectivity index (χ1n) is 5.19. The van der Waals surface area contributed by atoms with E-state index in [1.54, 1.807) is 24.1 Å². The Morgan fingerprint density at radius 1 is 1.56 bits per heavy atom. The molecule has 4 heteroatoms. The first-order chi connectivity index (χ1) is 7.50. The maximum absolute atomic E-state index is 11.9. The molecule has 0 spiro atoms. The van der Waals surface area contributed by atoms with Crippen molar-refractivity contribution in [2.75, 3.05) is 13.6 Å². The van der Waals surface area contributed by atoms with Crippen molar-refractivity contribution in [3.63, 3.8) is 0 Å². The van der Waals surface area contributed by atoms with E-state index >= 15 is 0 Å². The van der Waals surface area contributed by atoms with Crippen LogP contribution in [0.4, 0.5) is 0 Å². The van der Waals surface area contributed by atoms with Crippen molar-refractivity contribution in [3.05, 3.63) is 29.8 Å². The number of rotatable bonds is 4. The fraction of sp³-hybridized carbons (Fsp3) is 0.417. The van der Waals surface area contributed by atoms with Gasteiger partial charge >= 0.3 is 0 Å². The molecular formula is C12H16ClNO2. The van der Waals surface area contributed by atoms with Crippen LogP contribution in [0.2, 0.25) is 0 Å². The normalized spacial score (nSPS) is 12.2. The van der Waals surface area contributed by atoms with E-state index in [2.05, 4.69) is 0 Å². The SMILES string of the molecule is CC(Cl)CCN(C)C(=O)c1cccc(O)c1. The van der Waals surface area contributed by atoms with Crippen molar-refractivity contribution in [2.24, 2.45) is 0 Å². The minimum absolute atomic E-state index is 0.0550. The standard InChI is InChI=1S/C12H16ClNO2/c1-9(13)6-7-14(2)12(16)10-4-3-5-11(15)8-10/h3-5,8-9,15H,6-7H2,1-2H3. The quantitative estimate of drug-likeness (QED) is 0.823. The Kier molecular flexibility index (Phi) is 4.62. The number of aromatic hydroxyl groups is 1. The Labute approximate surface area is 101 Å². The minimum Gasteiger partial charge on any atom is -0.508 e. The van der Waals surface area contributed by atoms with E-state index in [9.17, 15) is 9.90 Å². The smallest absolute Gasteiger partial charge is 0.253 e. The summed E-state index contributed by atoms with van der Waals surface area (Å²) in [7, 11) is 1.73. The second-order valence-corrected chi connectivity index (χ2v) is 4.59. The molecule has 0 aromatic heterocycles. The largest absolute Gasteiger partial charge is 0.508 e. The second kappa shape index (κ2) is 5.75. The summed E-state index contributed by atoms with van der Waals surface area (Å²) >= 11 is 5.82. The topological polar surface area (TPSA) is 40.5 Å². The lowest BCUT2D eigenvalue weighted by molar-refractivity contribution is 0.0793. The van der Waals surface area contributed by atoms with E-state index in [1.165, 1.54) is 12.1 Å². The molecule has 0 aliphatic rings. The lowest BCUT2D eigenvalue weighted by Gasteiger charge is -2.17. The van der Waals surface area contributed by atoms with E-state index < -0.39 is 0 Å². The number of amides is 1. The lowest BCUT2D eigenvalue weighted by atomic mass is 10.2. The van der Waals surface area contributed by atoms with Crippen LogP contribution < -0.4 is 0 Å². The van der Waals surface area contributed by atoms with Crippen LogP contribution in [0.3, 0.4) is 0 Å². The van der Waals surface area contributed by atoms with Gasteiger partial charge in [0.25, 0.3) is 5.91 Å². The van der Waals surface area contributed by atoms with Crippen LogP contribution in [0.1, 0.15) is 23.7 Å². The first kappa shape index (κ1) is 12.8. The number of carbonyl (C=O) groups is 1. The Morgan fingerprint density at radius 2 is 2.25 bits per heavy atom. The molecule has 0 saturated carbocycles. The van der Waals surface area contributed by atoms with Gasteiger partial charge in [0.2, 0.25) is 0 Å². The van der Waals surface area contributed by atoms with Gasteiger partial charge in [-0.25, -0.2) is 0 Å². The minimum atomic E-state index is -0.104. The van der Waals surface area contributed by atoms with Crippen molar-refractivity contribution in [1.82, 2.24) is 4.90 Å². The van der Waals surface area contributed by atoms with E-state index in [4.69, 9.17) is 11.6 Å². The monoisotopic (exact) mass is 241 g/mol. The van der Waals surface area contributed by atoms with Crippen LogP contribution in [-0.4, -0.2) is 34.9 Å². The molecule has 16 heavy (non-hydrogen) atoms. The van der Waals surface area contributed by atoms with Crippen molar-refractivity contribution >= 4 is 17.5 Å². The third kappa shape index (κ3) is 3.74. The summed E-state index contributed by atoms with van der Waals surface area (Å²) in [5.74, 6) is -0.00169. The summed E-state index contributed by atoms with van der Waals surface area (Å²) in [5, 5.41) is 9.33. The van der Waals surface area contributed by atoms with E-state index in [0.29, 0.717) is 12.1 Å². The number of phenolic OH excluding ortho intramolecular Hbond substituents is 1. The fourth-order valence-electron chi connectivity index (χ4n) is 1.33. The lowest BCUT2D eigenvalue weighted by Crippen LogP contribution is -2.28. The van der Waals surface area contributed by atoms with Crippen LogP contribution in [0, 0.1) is 0 Å². The van der Waals surface area contributed by atoms with Crippen molar-refractivity contribution in [3.8, 4) is 5.75 Å². The average Bonchev–Trinajstić information content (AvgIpc) is 2.24. The molecule has 0 saturated heterocycles. The molecule has 0 aliphatic heterocycles. The molecule has 1 atom stereocenters. The number of hydrogen-bond acceptors (Lipinski definition) is 2. The van der Waals surface area contributed by atoms with Gasteiger partial charge in [0.1, 0.15) is 5.75 Å². The van der Waals surface area contributed by atoms with Crippen molar-refractivity contribution in [1.29, 1.82) is 0 Å². The molecule has 0 fully saturated rings. The van der Waals surface area contributed by atoms with Crippen LogP contribution in [-0.2, 0) is 0 Å². The molecule has 0 radical (unpaired) electrons. The molecule has 1 aromatic rings. The zero-order valence-corrected chi connectivity index (χ0v) is 10.2. The predicted molar refractivity (Wildman–Crippen MR) is 65.0 cm³/mol. The molecule has 0 aliphatic carbocycles. The Morgan fingerprint density at radius 3 is 2.81 bits per heavy atom. The summed E-state index contributed by atoms with van der Waals surface area (Å²) < 4.78 is 0. The summed E-state index contributed by atoms with van der Waals surface area (Å²) in [6.45, 7) is 2.51. The van der Waals surface area contributed by atoms with E-state index in [-0.39, 0.29) is 17.0 Å². The predicted octanol–water partition coefficient (Wildman–Crippen LogP) is 2.48. The molecule has 1 N–H and O–H groups in total. The highest BCUT2D eigenvalue weighted by Gasteiger charge is 2.12. The number of alkyl halides is 1. The molecule has 1 amide bonds. The third-order valence-electron chi connectivity index (χ3n) is 2.30. The molecule has 1 aromatic carbocycles. The van der Waals surface area contributed by atoms with Gasteiger partial charge in [-0.2, -0.15) is 0 Å². The summed E-state index contributed by atoms with van der Waals surface area (Å²) in [5.41, 5.74) is 0.490. The summed E-state index contributed by atoms with van der Waals surface area (Å²) in [4.78, 5) is 13.5. The Hall–Kier alpha value is -1.22. The zero-order valence-electron chi connectivity index (χ0n) is 9.48. The number of nitrogens with zero attached hydrogens (tertiary/aromatic N) is 1. The number of hydrogen-bond donors (Lipinski definition) is 1. The molecular weight excluding hydrogens is 226 g/mol. The van der Waals surface area contributed by atoms with Gasteiger partial charge in [-0.3, -0.25) is 4.79 Å². The molecule has 1 rings (SSSR count). The average molecular weight is 242 g/mol. The zero-order chi connectivity index (χ0) is 12.1. The van der Waals surface area contributed by atoms with Crippen LogP contribution in [0.5, 0.6) is 5.75 Å². The number of carbonyl (C=O) groups excluding carboxylic acids is 1. The molecule has 1 unspecified atom stereocenters. The van der Waals surface area contributed by atoms with Crippen LogP contribution >= 0.6 is 11.6 Å².